The molecule has 1 aliphatic carbocycles. The summed E-state index contributed by atoms with van der Waals surface area (Å²) in [6, 6.07) is 9.02. The number of nitrogens with one attached hydrogen (secondary N) is 1. The molecule has 2 nitrogen and oxygen atoms in total. The van der Waals surface area contributed by atoms with E-state index in [0.717, 1.165) is 12.5 Å². The molecule has 1 aliphatic rings. The van der Waals surface area contributed by atoms with Gasteiger partial charge < -0.3 is 10.4 Å². The second-order valence-corrected chi connectivity index (χ2v) is 6.49. The van der Waals surface area contributed by atoms with Gasteiger partial charge in [0.15, 0.2) is 0 Å². The highest BCUT2D eigenvalue weighted by Crippen LogP contribution is 2.32. The molecule has 1 aromatic carbocycles. The Bertz CT molecular complexity index is 371. The van der Waals surface area contributed by atoms with Gasteiger partial charge in [-0.2, -0.15) is 0 Å². The van der Waals surface area contributed by atoms with E-state index in [1.54, 1.807) is 0 Å². The minimum Gasteiger partial charge on any atom is -0.389 e. The molecule has 2 heteroatoms. The van der Waals surface area contributed by atoms with Crippen LogP contribution in [0.2, 0.25) is 0 Å². The highest BCUT2D eigenvalue weighted by molar-refractivity contribution is 5.25. The van der Waals surface area contributed by atoms with Gasteiger partial charge in [0, 0.05) is 13.1 Å². The van der Waals surface area contributed by atoms with Crippen LogP contribution in [0.5, 0.6) is 0 Å². The van der Waals surface area contributed by atoms with Crippen LogP contribution in [-0.2, 0) is 6.54 Å². The van der Waals surface area contributed by atoms with E-state index in [1.807, 2.05) is 13.8 Å². The fraction of sp³-hybridized carbons (Fsp3) is 0.647. The molecule has 0 bridgehead atoms. The van der Waals surface area contributed by atoms with Crippen molar-refractivity contribution in [1.29, 1.82) is 0 Å². The number of hydrogen-bond donors (Lipinski definition) is 2. The van der Waals surface area contributed by atoms with Crippen molar-refractivity contribution in [3.05, 3.63) is 35.4 Å². The Kier molecular flexibility index (Phi) is 5.00. The molecule has 0 radical (unpaired) electrons. The van der Waals surface area contributed by atoms with E-state index < -0.39 is 5.60 Å². The molecule has 0 spiro atoms. The van der Waals surface area contributed by atoms with Crippen molar-refractivity contribution >= 4 is 0 Å². The van der Waals surface area contributed by atoms with Crippen LogP contribution in [0.4, 0.5) is 0 Å². The molecule has 0 atom stereocenters. The number of hydrogen-bond acceptors (Lipinski definition) is 2. The van der Waals surface area contributed by atoms with Crippen LogP contribution in [-0.4, -0.2) is 17.3 Å². The van der Waals surface area contributed by atoms with Gasteiger partial charge >= 0.3 is 0 Å². The van der Waals surface area contributed by atoms with E-state index in [2.05, 4.69) is 29.6 Å². The van der Waals surface area contributed by atoms with Crippen LogP contribution in [0, 0.1) is 0 Å². The maximum absolute atomic E-state index is 9.65. The lowest BCUT2D eigenvalue weighted by Gasteiger charge is -2.22. The first-order chi connectivity index (χ1) is 9.04. The molecule has 0 unspecified atom stereocenters. The maximum atomic E-state index is 9.65. The zero-order valence-electron chi connectivity index (χ0n) is 12.3. The van der Waals surface area contributed by atoms with Crippen LogP contribution >= 0.6 is 0 Å². The number of benzene rings is 1. The SMILES string of the molecule is CC(C)(O)CNCc1ccc(C2CCCCC2)cc1. The van der Waals surface area contributed by atoms with Crippen LogP contribution in [0.25, 0.3) is 0 Å². The van der Waals surface area contributed by atoms with E-state index in [9.17, 15) is 5.11 Å². The molecule has 1 aromatic rings. The fourth-order valence-corrected chi connectivity index (χ4v) is 2.86. The Morgan fingerprint density at radius 1 is 1.11 bits per heavy atom. The van der Waals surface area contributed by atoms with Gasteiger partial charge in [-0.05, 0) is 43.7 Å². The minimum atomic E-state index is -0.637. The molecule has 106 valence electrons. The molecule has 2 rings (SSSR count). The van der Waals surface area contributed by atoms with Gasteiger partial charge in [-0.15, -0.1) is 0 Å². The summed E-state index contributed by atoms with van der Waals surface area (Å²) in [4.78, 5) is 0. The zero-order chi connectivity index (χ0) is 13.7. The van der Waals surface area contributed by atoms with Gasteiger partial charge in [-0.3, -0.25) is 0 Å². The number of rotatable bonds is 5. The standard InChI is InChI=1S/C17H27NO/c1-17(2,19)13-18-12-14-8-10-16(11-9-14)15-6-4-3-5-7-15/h8-11,15,18-19H,3-7,12-13H2,1-2H3. The molecule has 0 amide bonds. The van der Waals surface area contributed by atoms with Crippen molar-refractivity contribution in [2.45, 2.75) is 64.0 Å². The summed E-state index contributed by atoms with van der Waals surface area (Å²) in [5, 5.41) is 12.9. The van der Waals surface area contributed by atoms with E-state index in [4.69, 9.17) is 0 Å². The summed E-state index contributed by atoms with van der Waals surface area (Å²) >= 11 is 0. The predicted octanol–water partition coefficient (Wildman–Crippen LogP) is 3.59. The van der Waals surface area contributed by atoms with Crippen molar-refractivity contribution in [2.24, 2.45) is 0 Å². The highest BCUT2D eigenvalue weighted by Gasteiger charge is 2.15. The van der Waals surface area contributed by atoms with Gasteiger partial charge in [0.05, 0.1) is 5.60 Å². The first kappa shape index (κ1) is 14.5. The average Bonchev–Trinajstić information content (AvgIpc) is 2.39. The van der Waals surface area contributed by atoms with Crippen LogP contribution in [0.15, 0.2) is 24.3 Å². The molecule has 1 saturated carbocycles. The van der Waals surface area contributed by atoms with Crippen molar-refractivity contribution in [1.82, 2.24) is 5.32 Å². The lowest BCUT2D eigenvalue weighted by Crippen LogP contribution is -2.34. The summed E-state index contributed by atoms with van der Waals surface area (Å²) in [6.45, 7) is 5.10. The Morgan fingerprint density at radius 2 is 1.74 bits per heavy atom. The maximum Gasteiger partial charge on any atom is 0.0715 e. The van der Waals surface area contributed by atoms with Crippen molar-refractivity contribution in [2.75, 3.05) is 6.54 Å². The summed E-state index contributed by atoms with van der Waals surface area (Å²) in [7, 11) is 0. The van der Waals surface area contributed by atoms with Gasteiger partial charge in [0.1, 0.15) is 0 Å². The Morgan fingerprint density at radius 3 is 2.32 bits per heavy atom. The lowest BCUT2D eigenvalue weighted by molar-refractivity contribution is 0.0795. The largest absolute Gasteiger partial charge is 0.389 e. The van der Waals surface area contributed by atoms with Crippen LogP contribution in [0.1, 0.15) is 63.0 Å². The minimum absolute atomic E-state index is 0.622. The molecule has 0 heterocycles. The lowest BCUT2D eigenvalue weighted by atomic mass is 9.84. The normalized spacial score (nSPS) is 17.6. The second-order valence-electron chi connectivity index (χ2n) is 6.49. The van der Waals surface area contributed by atoms with Crippen LogP contribution in [0.3, 0.4) is 0 Å². The zero-order valence-corrected chi connectivity index (χ0v) is 12.3. The van der Waals surface area contributed by atoms with Gasteiger partial charge in [-0.25, -0.2) is 0 Å². The molecule has 0 saturated heterocycles. The Hall–Kier alpha value is -0.860. The van der Waals surface area contributed by atoms with Crippen molar-refractivity contribution < 1.29 is 5.11 Å². The molecule has 1 fully saturated rings. The third-order valence-electron chi connectivity index (χ3n) is 3.94. The van der Waals surface area contributed by atoms with E-state index in [0.29, 0.717) is 6.54 Å². The molecular formula is C17H27NO. The van der Waals surface area contributed by atoms with E-state index in [-0.39, 0.29) is 0 Å². The molecule has 2 N–H and O–H groups in total. The van der Waals surface area contributed by atoms with Crippen LogP contribution < -0.4 is 5.32 Å². The predicted molar refractivity (Wildman–Crippen MR) is 80.3 cm³/mol. The highest BCUT2D eigenvalue weighted by atomic mass is 16.3. The van der Waals surface area contributed by atoms with Crippen molar-refractivity contribution in [3.63, 3.8) is 0 Å². The Balaban J connectivity index is 1.84. The molecule has 19 heavy (non-hydrogen) atoms. The van der Waals surface area contributed by atoms with Gasteiger partial charge in [0.2, 0.25) is 0 Å². The number of aliphatic hydroxyl groups is 1. The first-order valence-corrected chi connectivity index (χ1v) is 7.56. The molecule has 0 aromatic heterocycles. The van der Waals surface area contributed by atoms with E-state index >= 15 is 0 Å². The smallest absolute Gasteiger partial charge is 0.0715 e. The molecule has 0 aliphatic heterocycles. The topological polar surface area (TPSA) is 32.3 Å². The third kappa shape index (κ3) is 4.96. The quantitative estimate of drug-likeness (QED) is 0.849. The summed E-state index contributed by atoms with van der Waals surface area (Å²) < 4.78 is 0. The average molecular weight is 261 g/mol. The van der Waals surface area contributed by atoms with E-state index in [1.165, 1.54) is 43.2 Å². The third-order valence-corrected chi connectivity index (χ3v) is 3.94. The first-order valence-electron chi connectivity index (χ1n) is 7.56. The van der Waals surface area contributed by atoms with Gasteiger partial charge in [0.25, 0.3) is 0 Å². The summed E-state index contributed by atoms with van der Waals surface area (Å²) in [5.74, 6) is 0.784. The summed E-state index contributed by atoms with van der Waals surface area (Å²) in [5.41, 5.74) is 2.16. The van der Waals surface area contributed by atoms with Gasteiger partial charge in [-0.1, -0.05) is 43.5 Å². The molecular weight excluding hydrogens is 234 g/mol. The van der Waals surface area contributed by atoms with Crippen molar-refractivity contribution in [3.8, 4) is 0 Å². The summed E-state index contributed by atoms with van der Waals surface area (Å²) in [6.07, 6.45) is 6.90. The second kappa shape index (κ2) is 6.53. The Labute approximate surface area is 117 Å². The fourth-order valence-electron chi connectivity index (χ4n) is 2.86. The monoisotopic (exact) mass is 261 g/mol.